The number of hydrogen-bond donors (Lipinski definition) is 0. The Labute approximate surface area is 115 Å². The largest absolute Gasteiger partial charge is 0.459 e. The average molecular weight is 273 g/mol. The van der Waals surface area contributed by atoms with Crippen molar-refractivity contribution in [1.29, 1.82) is 0 Å². The SMILES string of the molecule is O=C1CC(c2noc(-c3ccco3)n2)CN1CC1CC1. The van der Waals surface area contributed by atoms with Gasteiger partial charge in [-0.2, -0.15) is 4.98 Å². The highest BCUT2D eigenvalue weighted by atomic mass is 16.5. The van der Waals surface area contributed by atoms with E-state index in [1.54, 1.807) is 18.4 Å². The van der Waals surface area contributed by atoms with Crippen LogP contribution in [0.15, 0.2) is 27.3 Å². The summed E-state index contributed by atoms with van der Waals surface area (Å²) in [6, 6.07) is 3.55. The first-order valence-corrected chi connectivity index (χ1v) is 6.95. The molecule has 6 nitrogen and oxygen atoms in total. The molecule has 0 radical (unpaired) electrons. The average Bonchev–Trinajstić information content (AvgIpc) is 2.89. The van der Waals surface area contributed by atoms with Crippen LogP contribution in [0.5, 0.6) is 0 Å². The van der Waals surface area contributed by atoms with Gasteiger partial charge in [-0.1, -0.05) is 5.16 Å². The highest BCUT2D eigenvalue weighted by Crippen LogP contribution is 2.34. The second kappa shape index (κ2) is 4.47. The lowest BCUT2D eigenvalue weighted by atomic mass is 10.1. The van der Waals surface area contributed by atoms with Crippen LogP contribution in [0.3, 0.4) is 0 Å². The highest BCUT2D eigenvalue weighted by Gasteiger charge is 2.36. The van der Waals surface area contributed by atoms with E-state index in [0.29, 0.717) is 36.4 Å². The molecule has 1 aliphatic heterocycles. The monoisotopic (exact) mass is 273 g/mol. The van der Waals surface area contributed by atoms with Crippen molar-refractivity contribution in [3.8, 4) is 11.7 Å². The number of rotatable bonds is 4. The Bertz CT molecular complexity index is 615. The van der Waals surface area contributed by atoms with Gasteiger partial charge >= 0.3 is 0 Å². The van der Waals surface area contributed by atoms with E-state index in [2.05, 4.69) is 10.1 Å². The molecule has 4 rings (SSSR count). The van der Waals surface area contributed by atoms with Crippen LogP contribution in [-0.2, 0) is 4.79 Å². The van der Waals surface area contributed by atoms with Gasteiger partial charge in [0.1, 0.15) is 0 Å². The zero-order chi connectivity index (χ0) is 13.5. The number of aromatic nitrogens is 2. The third-order valence-corrected chi connectivity index (χ3v) is 3.93. The first kappa shape index (κ1) is 11.7. The summed E-state index contributed by atoms with van der Waals surface area (Å²) in [7, 11) is 0. The van der Waals surface area contributed by atoms with E-state index in [1.165, 1.54) is 12.8 Å². The molecule has 1 aliphatic carbocycles. The van der Waals surface area contributed by atoms with Crippen LogP contribution < -0.4 is 0 Å². The van der Waals surface area contributed by atoms with E-state index < -0.39 is 0 Å². The van der Waals surface area contributed by atoms with Crippen molar-refractivity contribution in [3.05, 3.63) is 24.2 Å². The first-order valence-electron chi connectivity index (χ1n) is 6.95. The van der Waals surface area contributed by atoms with Crippen molar-refractivity contribution < 1.29 is 13.7 Å². The number of hydrogen-bond acceptors (Lipinski definition) is 5. The number of nitrogens with zero attached hydrogens (tertiary/aromatic N) is 3. The number of carbonyl (C=O) groups excluding carboxylic acids is 1. The van der Waals surface area contributed by atoms with Crippen LogP contribution in [0.4, 0.5) is 0 Å². The van der Waals surface area contributed by atoms with Gasteiger partial charge in [-0.15, -0.1) is 0 Å². The highest BCUT2D eigenvalue weighted by molar-refractivity contribution is 5.79. The molecule has 1 atom stereocenters. The van der Waals surface area contributed by atoms with E-state index in [1.807, 2.05) is 4.90 Å². The fourth-order valence-corrected chi connectivity index (χ4v) is 2.63. The lowest BCUT2D eigenvalue weighted by Crippen LogP contribution is -2.27. The van der Waals surface area contributed by atoms with E-state index in [-0.39, 0.29) is 11.8 Å². The molecule has 0 N–H and O–H groups in total. The van der Waals surface area contributed by atoms with Gasteiger partial charge in [0.05, 0.1) is 6.26 Å². The van der Waals surface area contributed by atoms with Crippen LogP contribution >= 0.6 is 0 Å². The molecule has 2 aromatic rings. The molecular formula is C14H15N3O3. The summed E-state index contributed by atoms with van der Waals surface area (Å²) in [4.78, 5) is 18.3. The first-order chi connectivity index (χ1) is 9.79. The van der Waals surface area contributed by atoms with Crippen LogP contribution in [0.1, 0.15) is 31.0 Å². The predicted molar refractivity (Wildman–Crippen MR) is 68.7 cm³/mol. The summed E-state index contributed by atoms with van der Waals surface area (Å²) in [6.45, 7) is 1.59. The molecular weight excluding hydrogens is 258 g/mol. The zero-order valence-corrected chi connectivity index (χ0v) is 11.0. The van der Waals surface area contributed by atoms with Crippen molar-refractivity contribution >= 4 is 5.91 Å². The molecule has 1 saturated carbocycles. The number of likely N-dealkylation sites (tertiary alicyclic amines) is 1. The molecule has 0 aromatic carbocycles. The van der Waals surface area contributed by atoms with Gasteiger partial charge in [0, 0.05) is 25.4 Å². The fraction of sp³-hybridized carbons (Fsp3) is 0.500. The van der Waals surface area contributed by atoms with Gasteiger partial charge in [-0.25, -0.2) is 0 Å². The standard InChI is InChI=1S/C14H15N3O3/c18-12-6-10(8-17(12)7-9-3-4-9)13-15-14(20-16-13)11-2-1-5-19-11/h1-2,5,9-10H,3-4,6-8H2. The van der Waals surface area contributed by atoms with Gasteiger partial charge < -0.3 is 13.8 Å². The molecule has 3 heterocycles. The van der Waals surface area contributed by atoms with E-state index >= 15 is 0 Å². The molecule has 2 fully saturated rings. The number of amides is 1. The molecule has 20 heavy (non-hydrogen) atoms. The molecule has 1 amide bonds. The smallest absolute Gasteiger partial charge is 0.293 e. The molecule has 2 aliphatic rings. The van der Waals surface area contributed by atoms with Gasteiger partial charge in [0.25, 0.3) is 5.89 Å². The van der Waals surface area contributed by atoms with Gasteiger partial charge in [-0.05, 0) is 30.9 Å². The van der Waals surface area contributed by atoms with Crippen LogP contribution in [0, 0.1) is 5.92 Å². The predicted octanol–water partition coefficient (Wildman–Crippen LogP) is 2.06. The second-order valence-corrected chi connectivity index (χ2v) is 5.58. The Morgan fingerprint density at radius 1 is 1.40 bits per heavy atom. The third kappa shape index (κ3) is 2.11. The Kier molecular flexibility index (Phi) is 2.61. The summed E-state index contributed by atoms with van der Waals surface area (Å²) < 4.78 is 10.4. The van der Waals surface area contributed by atoms with Crippen molar-refractivity contribution in [2.75, 3.05) is 13.1 Å². The maximum Gasteiger partial charge on any atom is 0.293 e. The molecule has 1 saturated heterocycles. The molecule has 1 unspecified atom stereocenters. The minimum Gasteiger partial charge on any atom is -0.459 e. The zero-order valence-electron chi connectivity index (χ0n) is 11.0. The molecule has 6 heteroatoms. The van der Waals surface area contributed by atoms with Crippen molar-refractivity contribution in [2.24, 2.45) is 5.92 Å². The normalized spacial score (nSPS) is 22.7. The van der Waals surface area contributed by atoms with Crippen LogP contribution in [0.25, 0.3) is 11.7 Å². The van der Waals surface area contributed by atoms with Crippen LogP contribution in [0.2, 0.25) is 0 Å². The Hall–Kier alpha value is -2.11. The van der Waals surface area contributed by atoms with E-state index in [4.69, 9.17) is 8.94 Å². The van der Waals surface area contributed by atoms with Gasteiger partial charge in [0.2, 0.25) is 5.91 Å². The topological polar surface area (TPSA) is 72.4 Å². The number of carbonyl (C=O) groups is 1. The van der Waals surface area contributed by atoms with E-state index in [0.717, 1.165) is 6.54 Å². The van der Waals surface area contributed by atoms with E-state index in [9.17, 15) is 4.79 Å². The maximum absolute atomic E-state index is 12.0. The van der Waals surface area contributed by atoms with Gasteiger partial charge in [0.15, 0.2) is 11.6 Å². The third-order valence-electron chi connectivity index (χ3n) is 3.93. The quantitative estimate of drug-likeness (QED) is 0.852. The minimum atomic E-state index is 0.0358. The lowest BCUT2D eigenvalue weighted by molar-refractivity contribution is -0.127. The maximum atomic E-state index is 12.0. The Morgan fingerprint density at radius 2 is 2.30 bits per heavy atom. The Balaban J connectivity index is 1.49. The summed E-state index contributed by atoms with van der Waals surface area (Å²) in [6.07, 6.45) is 4.54. The molecule has 0 bridgehead atoms. The van der Waals surface area contributed by atoms with Crippen molar-refractivity contribution in [2.45, 2.75) is 25.2 Å². The summed E-state index contributed by atoms with van der Waals surface area (Å²) in [5.41, 5.74) is 0. The Morgan fingerprint density at radius 3 is 3.05 bits per heavy atom. The molecule has 0 spiro atoms. The summed E-state index contributed by atoms with van der Waals surface area (Å²) >= 11 is 0. The summed E-state index contributed by atoms with van der Waals surface area (Å²) in [5.74, 6) is 2.48. The lowest BCUT2D eigenvalue weighted by Gasteiger charge is -2.14. The summed E-state index contributed by atoms with van der Waals surface area (Å²) in [5, 5.41) is 3.99. The van der Waals surface area contributed by atoms with Crippen molar-refractivity contribution in [3.63, 3.8) is 0 Å². The minimum absolute atomic E-state index is 0.0358. The number of furan rings is 1. The van der Waals surface area contributed by atoms with Crippen molar-refractivity contribution in [1.82, 2.24) is 15.0 Å². The second-order valence-electron chi connectivity index (χ2n) is 5.58. The van der Waals surface area contributed by atoms with Crippen LogP contribution in [-0.4, -0.2) is 34.0 Å². The van der Waals surface area contributed by atoms with Gasteiger partial charge in [-0.3, -0.25) is 4.79 Å². The molecule has 2 aromatic heterocycles. The molecule has 104 valence electrons. The fourth-order valence-electron chi connectivity index (χ4n) is 2.63.